The molecule has 1 amide bonds. The zero-order valence-electron chi connectivity index (χ0n) is 15.0. The van der Waals surface area contributed by atoms with Gasteiger partial charge in [-0.3, -0.25) is 4.79 Å². The van der Waals surface area contributed by atoms with Crippen LogP contribution in [-0.4, -0.2) is 25.7 Å². The van der Waals surface area contributed by atoms with Crippen LogP contribution in [0.4, 0.5) is 5.69 Å². The van der Waals surface area contributed by atoms with Gasteiger partial charge in [0.2, 0.25) is 0 Å². The van der Waals surface area contributed by atoms with Crippen molar-refractivity contribution >= 4 is 11.6 Å². The molecule has 2 aromatic rings. The number of para-hydroxylation sites is 2. The molecule has 0 spiro atoms. The van der Waals surface area contributed by atoms with E-state index in [1.54, 1.807) is 18.2 Å². The number of anilines is 1. The fraction of sp³-hybridized carbons (Fsp3) is 0.350. The normalized spacial score (nSPS) is 10.4. The van der Waals surface area contributed by atoms with Crippen molar-refractivity contribution in [1.29, 1.82) is 0 Å². The van der Waals surface area contributed by atoms with Gasteiger partial charge in [0.15, 0.2) is 0 Å². The molecule has 2 aromatic carbocycles. The number of benzene rings is 2. The van der Waals surface area contributed by atoms with E-state index in [-0.39, 0.29) is 5.91 Å². The van der Waals surface area contributed by atoms with Crippen molar-refractivity contribution in [3.63, 3.8) is 0 Å². The predicted molar refractivity (Wildman–Crippen MR) is 98.5 cm³/mol. The fourth-order valence-corrected chi connectivity index (χ4v) is 2.39. The minimum atomic E-state index is -0.201. The summed E-state index contributed by atoms with van der Waals surface area (Å²) in [5.41, 5.74) is 2.05. The maximum absolute atomic E-state index is 12.6. The van der Waals surface area contributed by atoms with Crippen LogP contribution in [0.1, 0.15) is 36.7 Å². The van der Waals surface area contributed by atoms with E-state index in [1.807, 2.05) is 45.0 Å². The maximum atomic E-state index is 12.6. The molecule has 0 aliphatic heterocycles. The number of hydrogen-bond donors (Lipinski definition) is 1. The lowest BCUT2D eigenvalue weighted by Gasteiger charge is -2.14. The highest BCUT2D eigenvalue weighted by Crippen LogP contribution is 2.26. The molecule has 0 aliphatic carbocycles. The highest BCUT2D eigenvalue weighted by Gasteiger charge is 2.13. The van der Waals surface area contributed by atoms with Crippen LogP contribution in [-0.2, 0) is 11.3 Å². The van der Waals surface area contributed by atoms with Crippen LogP contribution in [0.15, 0.2) is 42.5 Å². The second kappa shape index (κ2) is 9.69. The highest BCUT2D eigenvalue weighted by molar-refractivity contribution is 6.05. The van der Waals surface area contributed by atoms with Gasteiger partial charge in [0.25, 0.3) is 5.91 Å². The number of hydrogen-bond acceptors (Lipinski definition) is 4. The lowest BCUT2D eigenvalue weighted by atomic mass is 10.1. The molecule has 0 radical (unpaired) electrons. The van der Waals surface area contributed by atoms with E-state index in [4.69, 9.17) is 14.2 Å². The van der Waals surface area contributed by atoms with E-state index in [1.165, 1.54) is 0 Å². The number of carbonyl (C=O) groups is 1. The fourth-order valence-electron chi connectivity index (χ4n) is 2.39. The van der Waals surface area contributed by atoms with E-state index < -0.39 is 0 Å². The topological polar surface area (TPSA) is 56.8 Å². The third-order valence-corrected chi connectivity index (χ3v) is 3.52. The quantitative estimate of drug-likeness (QED) is 0.738. The van der Waals surface area contributed by atoms with Crippen LogP contribution >= 0.6 is 0 Å². The molecule has 5 heteroatoms. The molecule has 0 aromatic heterocycles. The molecule has 0 heterocycles. The number of carbonyl (C=O) groups excluding carboxylic acids is 1. The lowest BCUT2D eigenvalue weighted by Crippen LogP contribution is -2.14. The number of rotatable bonds is 9. The van der Waals surface area contributed by atoms with Gasteiger partial charge in [0, 0.05) is 17.7 Å². The zero-order valence-corrected chi connectivity index (χ0v) is 15.0. The SMILES string of the molecule is CCOCc1cc(C(=O)Nc2ccccc2OCC)ccc1OCC. The van der Waals surface area contributed by atoms with Crippen molar-refractivity contribution in [2.45, 2.75) is 27.4 Å². The summed E-state index contributed by atoms with van der Waals surface area (Å²) in [6, 6.07) is 12.7. The lowest BCUT2D eigenvalue weighted by molar-refractivity contribution is 0.102. The van der Waals surface area contributed by atoms with Crippen molar-refractivity contribution in [3.05, 3.63) is 53.6 Å². The van der Waals surface area contributed by atoms with Gasteiger partial charge in [-0.25, -0.2) is 0 Å². The third-order valence-electron chi connectivity index (χ3n) is 3.52. The van der Waals surface area contributed by atoms with Crippen LogP contribution in [0.25, 0.3) is 0 Å². The Balaban J connectivity index is 2.21. The van der Waals surface area contributed by atoms with Gasteiger partial charge in [-0.1, -0.05) is 12.1 Å². The molecule has 134 valence electrons. The van der Waals surface area contributed by atoms with Crippen molar-refractivity contribution in [2.75, 3.05) is 25.1 Å². The maximum Gasteiger partial charge on any atom is 0.255 e. The minimum Gasteiger partial charge on any atom is -0.494 e. The second-order valence-corrected chi connectivity index (χ2v) is 5.28. The van der Waals surface area contributed by atoms with Crippen LogP contribution in [0, 0.1) is 0 Å². The molecule has 0 fully saturated rings. The Hall–Kier alpha value is -2.53. The van der Waals surface area contributed by atoms with E-state index in [0.29, 0.717) is 43.4 Å². The number of amides is 1. The molecule has 0 atom stereocenters. The average Bonchev–Trinajstić information content (AvgIpc) is 2.63. The standard InChI is InChI=1S/C20H25NO4/c1-4-23-14-16-13-15(11-12-18(16)24-5-2)20(22)21-17-9-7-8-10-19(17)25-6-3/h7-13H,4-6,14H2,1-3H3,(H,21,22). The third kappa shape index (κ3) is 5.22. The molecule has 25 heavy (non-hydrogen) atoms. The summed E-state index contributed by atoms with van der Waals surface area (Å²) in [7, 11) is 0. The predicted octanol–water partition coefficient (Wildman–Crippen LogP) is 4.27. The minimum absolute atomic E-state index is 0.201. The Morgan fingerprint density at radius 2 is 1.64 bits per heavy atom. The summed E-state index contributed by atoms with van der Waals surface area (Å²) >= 11 is 0. The largest absolute Gasteiger partial charge is 0.494 e. The van der Waals surface area contributed by atoms with Crippen LogP contribution in [0.3, 0.4) is 0 Å². The molecule has 0 unspecified atom stereocenters. The number of nitrogens with one attached hydrogen (secondary N) is 1. The smallest absolute Gasteiger partial charge is 0.255 e. The van der Waals surface area contributed by atoms with Crippen molar-refractivity contribution in [2.24, 2.45) is 0 Å². The molecule has 5 nitrogen and oxygen atoms in total. The van der Waals surface area contributed by atoms with E-state index in [2.05, 4.69) is 5.32 Å². The van der Waals surface area contributed by atoms with Crippen LogP contribution < -0.4 is 14.8 Å². The number of ether oxygens (including phenoxy) is 3. The average molecular weight is 343 g/mol. The summed E-state index contributed by atoms with van der Waals surface area (Å²) in [6.45, 7) is 7.87. The molecular formula is C20H25NO4. The summed E-state index contributed by atoms with van der Waals surface area (Å²) in [5.74, 6) is 1.19. The Kier molecular flexibility index (Phi) is 7.29. The van der Waals surface area contributed by atoms with E-state index in [9.17, 15) is 4.79 Å². The van der Waals surface area contributed by atoms with Crippen molar-refractivity contribution < 1.29 is 19.0 Å². The monoisotopic (exact) mass is 343 g/mol. The first-order valence-corrected chi connectivity index (χ1v) is 8.56. The molecule has 0 saturated heterocycles. The van der Waals surface area contributed by atoms with Gasteiger partial charge < -0.3 is 19.5 Å². The molecule has 0 saturated carbocycles. The van der Waals surface area contributed by atoms with Crippen molar-refractivity contribution in [1.82, 2.24) is 0 Å². The summed E-state index contributed by atoms with van der Waals surface area (Å²) in [4.78, 5) is 12.6. The van der Waals surface area contributed by atoms with Crippen molar-refractivity contribution in [3.8, 4) is 11.5 Å². The molecule has 0 bridgehead atoms. The van der Waals surface area contributed by atoms with Crippen LogP contribution in [0.5, 0.6) is 11.5 Å². The van der Waals surface area contributed by atoms with Gasteiger partial charge in [-0.05, 0) is 51.1 Å². The summed E-state index contributed by atoms with van der Waals surface area (Å²) in [5, 5.41) is 2.90. The molecule has 2 rings (SSSR count). The van der Waals surface area contributed by atoms with Gasteiger partial charge in [-0.2, -0.15) is 0 Å². The Bertz CT molecular complexity index is 700. The first-order chi connectivity index (χ1) is 12.2. The zero-order chi connectivity index (χ0) is 18.1. The first kappa shape index (κ1) is 18.8. The van der Waals surface area contributed by atoms with Gasteiger partial charge in [0.05, 0.1) is 25.5 Å². The first-order valence-electron chi connectivity index (χ1n) is 8.56. The van der Waals surface area contributed by atoms with Gasteiger partial charge >= 0.3 is 0 Å². The summed E-state index contributed by atoms with van der Waals surface area (Å²) < 4.78 is 16.6. The van der Waals surface area contributed by atoms with Gasteiger partial charge in [0.1, 0.15) is 11.5 Å². The Morgan fingerprint density at radius 1 is 0.920 bits per heavy atom. The molecule has 0 aliphatic rings. The van der Waals surface area contributed by atoms with E-state index in [0.717, 1.165) is 11.3 Å². The second-order valence-electron chi connectivity index (χ2n) is 5.28. The Labute approximate surface area is 148 Å². The highest BCUT2D eigenvalue weighted by atomic mass is 16.5. The molecule has 1 N–H and O–H groups in total. The van der Waals surface area contributed by atoms with Crippen LogP contribution in [0.2, 0.25) is 0 Å². The summed E-state index contributed by atoms with van der Waals surface area (Å²) in [6.07, 6.45) is 0. The van der Waals surface area contributed by atoms with E-state index >= 15 is 0 Å². The molecular weight excluding hydrogens is 318 g/mol. The Morgan fingerprint density at radius 3 is 2.36 bits per heavy atom. The van der Waals surface area contributed by atoms with Gasteiger partial charge in [-0.15, -0.1) is 0 Å².